The fraction of sp³-hybridized carbons (Fsp3) is 0.125. The van der Waals surface area contributed by atoms with Crippen molar-refractivity contribution in [3.63, 3.8) is 0 Å². The summed E-state index contributed by atoms with van der Waals surface area (Å²) in [6.07, 6.45) is 0. The summed E-state index contributed by atoms with van der Waals surface area (Å²) in [5, 5.41) is 12.1. The zero-order valence-corrected chi connectivity index (χ0v) is 41.3. The summed E-state index contributed by atoms with van der Waals surface area (Å²) in [4.78, 5) is 2.34. The van der Waals surface area contributed by atoms with Gasteiger partial charge in [-0.2, -0.15) is 0 Å². The molecular weight excluding hydrogens is 886 g/mol. The van der Waals surface area contributed by atoms with E-state index in [1.807, 2.05) is 17.4 Å². The van der Waals surface area contributed by atoms with E-state index >= 15 is 0 Å². The molecule has 0 unspecified atom stereocenters. The first-order valence-electron chi connectivity index (χ1n) is 24.6. The molecule has 4 aromatic heterocycles. The quantitative estimate of drug-likeness (QED) is 0.169. The number of nitrogens with one attached hydrogen (secondary N) is 1. The molecule has 9 aromatic carbocycles. The summed E-state index contributed by atoms with van der Waals surface area (Å²) in [6.45, 7) is 13.6. The van der Waals surface area contributed by atoms with Gasteiger partial charge in [-0.05, 0) is 118 Å². The van der Waals surface area contributed by atoms with Crippen molar-refractivity contribution in [1.82, 2.24) is 4.57 Å². The molecule has 0 saturated heterocycles. The molecule has 341 valence electrons. The number of thiophene rings is 1. The summed E-state index contributed by atoms with van der Waals surface area (Å²) < 4.78 is 18.5. The normalized spacial score (nSPS) is 12.8. The van der Waals surface area contributed by atoms with Crippen LogP contribution in [0.2, 0.25) is 0 Å². The lowest BCUT2D eigenvalue weighted by molar-refractivity contribution is 0.590. The number of rotatable bonds is 6. The Hall–Kier alpha value is -8.00. The molecule has 71 heavy (non-hydrogen) atoms. The third-order valence-electron chi connectivity index (χ3n) is 14.7. The van der Waals surface area contributed by atoms with Gasteiger partial charge in [-0.15, -0.1) is 11.3 Å². The molecule has 0 amide bonds. The molecule has 1 radical (unpaired) electrons. The highest BCUT2D eigenvalue weighted by Gasteiger charge is 2.32. The van der Waals surface area contributed by atoms with Gasteiger partial charge in [0.05, 0.1) is 16.9 Å². The predicted octanol–water partition coefficient (Wildman–Crippen LogP) is 17.2. The van der Waals surface area contributed by atoms with Gasteiger partial charge in [-0.3, -0.25) is 0 Å². The highest BCUT2D eigenvalue weighted by molar-refractivity contribution is 7.25. The average Bonchev–Trinajstić information content (AvgIpc) is 4.12. The first kappa shape index (κ1) is 41.9. The lowest BCUT2D eigenvalue weighted by Crippen LogP contribution is -2.36. The van der Waals surface area contributed by atoms with Crippen LogP contribution in [-0.2, 0) is 10.8 Å². The highest BCUT2D eigenvalue weighted by Crippen LogP contribution is 2.47. The molecule has 0 aliphatic carbocycles. The number of anilines is 5. The van der Waals surface area contributed by atoms with Crippen molar-refractivity contribution in [1.29, 1.82) is 0 Å². The minimum Gasteiger partial charge on any atom is -0.469 e. The van der Waals surface area contributed by atoms with E-state index < -0.39 is 0 Å². The molecule has 1 aliphatic rings. The Bertz CT molecular complexity index is 4260. The SMILES string of the molecule is CC(C)(C)c1ccc(Nc2cc3sc4cc(N(c5ccccc5)c5ccccc5)ccc4c3cc2-c2ccc3c4cc5c(cc4n4c3c2[B]c2oc3ccc(C(C)(C)C)cc3c2-4)oc2ccccc25)cc1. The average molecular weight is 935 g/mol. The van der Waals surface area contributed by atoms with Crippen molar-refractivity contribution in [2.45, 2.75) is 52.4 Å². The van der Waals surface area contributed by atoms with Crippen molar-refractivity contribution < 1.29 is 8.83 Å². The van der Waals surface area contributed by atoms with Gasteiger partial charge in [-0.1, -0.05) is 133 Å². The van der Waals surface area contributed by atoms with Gasteiger partial charge in [0.15, 0.2) is 0 Å². The third kappa shape index (κ3) is 6.59. The molecule has 0 spiro atoms. The van der Waals surface area contributed by atoms with E-state index in [4.69, 9.17) is 8.83 Å². The van der Waals surface area contributed by atoms with Gasteiger partial charge in [0, 0.05) is 92.7 Å². The first-order valence-corrected chi connectivity index (χ1v) is 25.4. The molecule has 0 fully saturated rings. The lowest BCUT2D eigenvalue weighted by atomic mass is 9.62. The van der Waals surface area contributed by atoms with E-state index in [1.54, 1.807) is 0 Å². The standard InChI is InChI=1S/C64H49BN3O2S/c1-63(2,3)37-21-24-39(25-22-37)66-52-35-58-50(44-27-26-42(32-57(44)71-58)67(40-15-9-7-10-16-40)41-17-11-8-12-18-41)33-47(52)45-28-29-46-48-34-49-43-19-13-14-20-54(43)69-56(49)36-53(48)68-60(46)59(45)65-62-61(68)51-31-38(64(4,5)6)23-30-55(51)70-62/h7-36,66H,1-6H3. The number of furan rings is 2. The maximum absolute atomic E-state index is 6.95. The second-order valence-corrected chi connectivity index (χ2v) is 22.4. The summed E-state index contributed by atoms with van der Waals surface area (Å²) in [7, 11) is 2.30. The molecular formula is C64H49BN3O2S. The van der Waals surface area contributed by atoms with Crippen LogP contribution in [0.4, 0.5) is 28.4 Å². The Kier molecular flexibility index (Phi) is 9.01. The zero-order valence-electron chi connectivity index (χ0n) is 40.5. The first-order chi connectivity index (χ1) is 34.4. The molecule has 14 rings (SSSR count). The van der Waals surface area contributed by atoms with Crippen LogP contribution < -0.4 is 21.3 Å². The van der Waals surface area contributed by atoms with Crippen molar-refractivity contribution in [3.8, 4) is 16.8 Å². The van der Waals surface area contributed by atoms with E-state index in [2.05, 4.69) is 240 Å². The summed E-state index contributed by atoms with van der Waals surface area (Å²) >= 11 is 1.84. The van der Waals surface area contributed by atoms with Gasteiger partial charge in [0.1, 0.15) is 16.7 Å². The second-order valence-electron chi connectivity index (χ2n) is 21.3. The van der Waals surface area contributed by atoms with Gasteiger partial charge >= 0.3 is 0 Å². The molecule has 5 nitrogen and oxygen atoms in total. The van der Waals surface area contributed by atoms with E-state index in [0.29, 0.717) is 0 Å². The minimum absolute atomic E-state index is 0.0397. The maximum Gasteiger partial charge on any atom is 0.247 e. The number of hydrogen-bond donors (Lipinski definition) is 1. The van der Waals surface area contributed by atoms with Crippen LogP contribution in [-0.4, -0.2) is 11.8 Å². The Morgan fingerprint density at radius 2 is 1.15 bits per heavy atom. The van der Waals surface area contributed by atoms with Crippen LogP contribution >= 0.6 is 11.3 Å². The minimum atomic E-state index is -0.0397. The molecule has 0 saturated carbocycles. The van der Waals surface area contributed by atoms with Crippen LogP contribution in [0.25, 0.3) is 91.7 Å². The summed E-state index contributed by atoms with van der Waals surface area (Å²) in [6, 6.07) is 66.3. The monoisotopic (exact) mass is 934 g/mol. The van der Waals surface area contributed by atoms with Crippen LogP contribution in [0.1, 0.15) is 52.7 Å². The van der Waals surface area contributed by atoms with Gasteiger partial charge in [-0.25, -0.2) is 0 Å². The van der Waals surface area contributed by atoms with Gasteiger partial charge < -0.3 is 23.6 Å². The number of benzene rings is 9. The van der Waals surface area contributed by atoms with E-state index in [1.165, 1.54) is 42.1 Å². The molecule has 7 heteroatoms. The molecule has 1 aliphatic heterocycles. The lowest BCUT2D eigenvalue weighted by Gasteiger charge is -2.25. The fourth-order valence-corrected chi connectivity index (χ4v) is 12.2. The van der Waals surface area contributed by atoms with Crippen molar-refractivity contribution in [3.05, 3.63) is 193 Å². The number of aromatic nitrogens is 1. The number of fused-ring (bicyclic) bond motifs is 13. The van der Waals surface area contributed by atoms with Crippen molar-refractivity contribution in [2.24, 2.45) is 0 Å². The number of hydrogen-bond acceptors (Lipinski definition) is 5. The van der Waals surface area contributed by atoms with E-state index in [-0.39, 0.29) is 10.8 Å². The second kappa shape index (κ2) is 15.3. The van der Waals surface area contributed by atoms with Gasteiger partial charge in [0.2, 0.25) is 7.28 Å². The Morgan fingerprint density at radius 1 is 0.479 bits per heavy atom. The van der Waals surface area contributed by atoms with Crippen LogP contribution in [0.5, 0.6) is 0 Å². The van der Waals surface area contributed by atoms with Crippen molar-refractivity contribution >= 4 is 133 Å². The zero-order chi connectivity index (χ0) is 47.9. The number of para-hydroxylation sites is 3. The Balaban J connectivity index is 1.02. The third-order valence-corrected chi connectivity index (χ3v) is 15.8. The van der Waals surface area contributed by atoms with Crippen LogP contribution in [0.15, 0.2) is 191 Å². The molecule has 13 aromatic rings. The molecule has 0 atom stereocenters. The fourth-order valence-electron chi connectivity index (χ4n) is 11.1. The summed E-state index contributed by atoms with van der Waals surface area (Å²) in [5.41, 5.74) is 18.2. The highest BCUT2D eigenvalue weighted by atomic mass is 32.1. The smallest absolute Gasteiger partial charge is 0.247 e. The van der Waals surface area contributed by atoms with Crippen LogP contribution in [0.3, 0.4) is 0 Å². The Labute approximate surface area is 416 Å². The maximum atomic E-state index is 6.95. The number of nitrogens with zero attached hydrogens (tertiary/aromatic N) is 2. The van der Waals surface area contributed by atoms with Crippen molar-refractivity contribution in [2.75, 3.05) is 10.2 Å². The summed E-state index contributed by atoms with van der Waals surface area (Å²) in [5.74, 6) is 0. The predicted molar refractivity (Wildman–Crippen MR) is 303 cm³/mol. The van der Waals surface area contributed by atoms with E-state index in [0.717, 1.165) is 100 Å². The van der Waals surface area contributed by atoms with E-state index in [9.17, 15) is 0 Å². The molecule has 0 bridgehead atoms. The molecule has 5 heterocycles. The molecule has 1 N–H and O–H groups in total. The van der Waals surface area contributed by atoms with Gasteiger partial charge in [0.25, 0.3) is 0 Å². The largest absolute Gasteiger partial charge is 0.469 e. The van der Waals surface area contributed by atoms with Crippen LogP contribution in [0, 0.1) is 0 Å². The Morgan fingerprint density at radius 3 is 1.90 bits per heavy atom. The topological polar surface area (TPSA) is 46.5 Å².